The van der Waals surface area contributed by atoms with Crippen LogP contribution in [0.1, 0.15) is 25.7 Å². The minimum Gasteiger partial charge on any atom is -0.345 e. The fraction of sp³-hybridized carbons (Fsp3) is 0.667. The molecule has 2 rings (SSSR count). The van der Waals surface area contributed by atoms with Crippen molar-refractivity contribution in [3.63, 3.8) is 0 Å². The summed E-state index contributed by atoms with van der Waals surface area (Å²) in [6.45, 7) is 5.84. The molecule has 0 aliphatic carbocycles. The SMILES string of the molecule is CCn1ncnc1C(C)NC(=O)CN1CCN(C)C1=O. The standard InChI is InChI=1S/C12H20N6O2/c1-4-18-11(13-8-14-18)9(2)15-10(19)7-17-6-5-16(3)12(17)20/h8-9H,4-7H2,1-3H3,(H,15,19). The number of carbonyl (C=O) groups excluding carboxylic acids is 2. The number of urea groups is 1. The van der Waals surface area contributed by atoms with Gasteiger partial charge in [-0.25, -0.2) is 14.5 Å². The summed E-state index contributed by atoms with van der Waals surface area (Å²) in [7, 11) is 1.73. The van der Waals surface area contributed by atoms with Gasteiger partial charge in [-0.15, -0.1) is 0 Å². The first-order chi connectivity index (χ1) is 9.52. The molecule has 1 atom stereocenters. The van der Waals surface area contributed by atoms with Crippen molar-refractivity contribution in [3.05, 3.63) is 12.2 Å². The average molecular weight is 280 g/mol. The Kier molecular flexibility index (Phi) is 4.21. The maximum atomic E-state index is 12.0. The molecule has 0 radical (unpaired) electrons. The average Bonchev–Trinajstić information content (AvgIpc) is 3.00. The van der Waals surface area contributed by atoms with E-state index in [1.165, 1.54) is 11.2 Å². The number of nitrogens with zero attached hydrogens (tertiary/aromatic N) is 5. The third-order valence-corrected chi connectivity index (χ3v) is 3.35. The first kappa shape index (κ1) is 14.3. The number of likely N-dealkylation sites (N-methyl/N-ethyl adjacent to an activating group) is 1. The van der Waals surface area contributed by atoms with E-state index in [0.29, 0.717) is 25.5 Å². The summed E-state index contributed by atoms with van der Waals surface area (Å²) >= 11 is 0. The highest BCUT2D eigenvalue weighted by molar-refractivity contribution is 5.85. The number of hydrogen-bond acceptors (Lipinski definition) is 4. The van der Waals surface area contributed by atoms with Crippen molar-refractivity contribution >= 4 is 11.9 Å². The van der Waals surface area contributed by atoms with Gasteiger partial charge in [-0.2, -0.15) is 5.10 Å². The van der Waals surface area contributed by atoms with E-state index >= 15 is 0 Å². The lowest BCUT2D eigenvalue weighted by atomic mass is 10.3. The maximum Gasteiger partial charge on any atom is 0.320 e. The van der Waals surface area contributed by atoms with Gasteiger partial charge in [0.05, 0.1) is 6.04 Å². The zero-order chi connectivity index (χ0) is 14.7. The van der Waals surface area contributed by atoms with Gasteiger partial charge in [-0.3, -0.25) is 4.79 Å². The van der Waals surface area contributed by atoms with Crippen LogP contribution in [0.15, 0.2) is 6.33 Å². The normalized spacial score (nSPS) is 16.6. The molecule has 1 aromatic rings. The Balaban J connectivity index is 1.90. The molecule has 0 aromatic carbocycles. The number of nitrogens with one attached hydrogen (secondary N) is 1. The molecule has 3 amide bonds. The molecular weight excluding hydrogens is 260 g/mol. The van der Waals surface area contributed by atoms with Crippen LogP contribution in [0.3, 0.4) is 0 Å². The second-order valence-corrected chi connectivity index (χ2v) is 4.85. The predicted molar refractivity (Wildman–Crippen MR) is 71.9 cm³/mol. The molecule has 1 aliphatic rings. The Morgan fingerprint density at radius 3 is 2.85 bits per heavy atom. The molecule has 1 aromatic heterocycles. The van der Waals surface area contributed by atoms with E-state index in [9.17, 15) is 9.59 Å². The number of rotatable bonds is 5. The van der Waals surface area contributed by atoms with E-state index in [2.05, 4.69) is 15.4 Å². The summed E-state index contributed by atoms with van der Waals surface area (Å²) in [5.74, 6) is 0.525. The molecule has 8 nitrogen and oxygen atoms in total. The summed E-state index contributed by atoms with van der Waals surface area (Å²) in [6, 6.07) is -0.343. The number of amides is 3. The molecule has 110 valence electrons. The molecule has 1 fully saturated rings. The number of aromatic nitrogens is 3. The van der Waals surface area contributed by atoms with E-state index in [1.54, 1.807) is 16.6 Å². The van der Waals surface area contributed by atoms with Crippen molar-refractivity contribution in [3.8, 4) is 0 Å². The van der Waals surface area contributed by atoms with Crippen molar-refractivity contribution < 1.29 is 9.59 Å². The monoisotopic (exact) mass is 280 g/mol. The largest absolute Gasteiger partial charge is 0.345 e. The van der Waals surface area contributed by atoms with Gasteiger partial charge in [0.25, 0.3) is 0 Å². The van der Waals surface area contributed by atoms with Crippen LogP contribution in [0.2, 0.25) is 0 Å². The van der Waals surface area contributed by atoms with Crippen LogP contribution in [0.5, 0.6) is 0 Å². The van der Waals surface area contributed by atoms with E-state index in [-0.39, 0.29) is 24.5 Å². The van der Waals surface area contributed by atoms with Gasteiger partial charge in [0.1, 0.15) is 18.7 Å². The summed E-state index contributed by atoms with van der Waals surface area (Å²) in [5, 5.41) is 6.92. The minimum absolute atomic E-state index is 0.0772. The van der Waals surface area contributed by atoms with Gasteiger partial charge in [0.15, 0.2) is 0 Å². The fourth-order valence-electron chi connectivity index (χ4n) is 2.23. The smallest absolute Gasteiger partial charge is 0.320 e. The Morgan fingerprint density at radius 2 is 2.25 bits per heavy atom. The Hall–Kier alpha value is -2.12. The molecule has 20 heavy (non-hydrogen) atoms. The van der Waals surface area contributed by atoms with Gasteiger partial charge < -0.3 is 15.1 Å². The Bertz CT molecular complexity index is 500. The van der Waals surface area contributed by atoms with Crippen LogP contribution in [0, 0.1) is 0 Å². The summed E-state index contributed by atoms with van der Waals surface area (Å²) < 4.78 is 1.74. The summed E-state index contributed by atoms with van der Waals surface area (Å²) in [4.78, 5) is 31.0. The second kappa shape index (κ2) is 5.89. The van der Waals surface area contributed by atoms with Crippen LogP contribution in [-0.2, 0) is 11.3 Å². The van der Waals surface area contributed by atoms with Crippen LogP contribution in [-0.4, -0.2) is 63.2 Å². The molecule has 1 unspecified atom stereocenters. The minimum atomic E-state index is -0.236. The van der Waals surface area contributed by atoms with Crippen molar-refractivity contribution in [2.75, 3.05) is 26.7 Å². The van der Waals surface area contributed by atoms with Gasteiger partial charge in [0.2, 0.25) is 5.91 Å². The second-order valence-electron chi connectivity index (χ2n) is 4.85. The number of hydrogen-bond donors (Lipinski definition) is 1. The van der Waals surface area contributed by atoms with Gasteiger partial charge in [0, 0.05) is 26.7 Å². The Morgan fingerprint density at radius 1 is 1.50 bits per heavy atom. The fourth-order valence-corrected chi connectivity index (χ4v) is 2.23. The molecule has 0 spiro atoms. The van der Waals surface area contributed by atoms with Gasteiger partial charge in [-0.05, 0) is 13.8 Å². The lowest BCUT2D eigenvalue weighted by molar-refractivity contribution is -0.122. The lowest BCUT2D eigenvalue weighted by Crippen LogP contribution is -2.40. The highest BCUT2D eigenvalue weighted by Gasteiger charge is 2.27. The third-order valence-electron chi connectivity index (χ3n) is 3.35. The van der Waals surface area contributed by atoms with Crippen molar-refractivity contribution in [2.24, 2.45) is 0 Å². The van der Waals surface area contributed by atoms with Crippen molar-refractivity contribution in [1.29, 1.82) is 0 Å². The zero-order valence-corrected chi connectivity index (χ0v) is 12.0. The van der Waals surface area contributed by atoms with Crippen LogP contribution in [0.4, 0.5) is 4.79 Å². The highest BCUT2D eigenvalue weighted by Crippen LogP contribution is 2.09. The van der Waals surface area contributed by atoms with Crippen LogP contribution >= 0.6 is 0 Å². The van der Waals surface area contributed by atoms with Gasteiger partial charge in [-0.1, -0.05) is 0 Å². The Labute approximate surface area is 117 Å². The van der Waals surface area contributed by atoms with Gasteiger partial charge >= 0.3 is 6.03 Å². The lowest BCUT2D eigenvalue weighted by Gasteiger charge is -2.18. The summed E-state index contributed by atoms with van der Waals surface area (Å²) in [6.07, 6.45) is 1.47. The first-order valence-corrected chi connectivity index (χ1v) is 6.70. The molecule has 8 heteroatoms. The molecule has 0 saturated carbocycles. The predicted octanol–water partition coefficient (Wildman–Crippen LogP) is -0.157. The maximum absolute atomic E-state index is 12.0. The van der Waals surface area contributed by atoms with E-state index in [0.717, 1.165) is 0 Å². The van der Waals surface area contributed by atoms with Crippen molar-refractivity contribution in [1.82, 2.24) is 29.9 Å². The molecule has 1 saturated heterocycles. The zero-order valence-electron chi connectivity index (χ0n) is 12.0. The van der Waals surface area contributed by atoms with Crippen LogP contribution < -0.4 is 5.32 Å². The molecule has 1 N–H and O–H groups in total. The first-order valence-electron chi connectivity index (χ1n) is 6.70. The summed E-state index contributed by atoms with van der Waals surface area (Å²) in [5.41, 5.74) is 0. The number of aryl methyl sites for hydroxylation is 1. The topological polar surface area (TPSA) is 83.4 Å². The number of carbonyl (C=O) groups is 2. The quantitative estimate of drug-likeness (QED) is 0.812. The van der Waals surface area contributed by atoms with E-state index in [4.69, 9.17) is 0 Å². The van der Waals surface area contributed by atoms with Crippen molar-refractivity contribution in [2.45, 2.75) is 26.4 Å². The third kappa shape index (κ3) is 2.89. The molecular formula is C12H20N6O2. The highest BCUT2D eigenvalue weighted by atomic mass is 16.2. The molecule has 0 bridgehead atoms. The molecule has 2 heterocycles. The van der Waals surface area contributed by atoms with E-state index < -0.39 is 0 Å². The van der Waals surface area contributed by atoms with Crippen LogP contribution in [0.25, 0.3) is 0 Å². The van der Waals surface area contributed by atoms with E-state index in [1.807, 2.05) is 13.8 Å². The molecule has 1 aliphatic heterocycles.